The highest BCUT2D eigenvalue weighted by molar-refractivity contribution is 5.73. The fraction of sp³-hybridized carbons (Fsp3) is 0.875. The average Bonchev–Trinajstić information content (AvgIpc) is 2.13. The molecule has 1 rings (SSSR count). The predicted molar refractivity (Wildman–Crippen MR) is 42.2 cm³/mol. The molecule has 0 unspecified atom stereocenters. The van der Waals surface area contributed by atoms with Gasteiger partial charge in [0.05, 0.1) is 13.2 Å². The third-order valence-electron chi connectivity index (χ3n) is 1.89. The number of nitrogens with zero attached hydrogens (tertiary/aromatic N) is 1. The second-order valence-corrected chi connectivity index (χ2v) is 3.15. The molecule has 1 saturated heterocycles. The first-order chi connectivity index (χ1) is 5.20. The van der Waals surface area contributed by atoms with Crippen molar-refractivity contribution in [3.63, 3.8) is 0 Å². The molecule has 0 bridgehead atoms. The quantitative estimate of drug-likeness (QED) is 0.512. The number of carbonyl (C=O) groups excluding carboxylic acids is 1. The molecule has 1 aliphatic heterocycles. The minimum absolute atomic E-state index is 0.155. The van der Waals surface area contributed by atoms with Crippen molar-refractivity contribution in [2.45, 2.75) is 13.8 Å². The first-order valence-electron chi connectivity index (χ1n) is 4.03. The Hall–Kier alpha value is -0.570. The Balaban J connectivity index is 2.45. The maximum atomic E-state index is 11.0. The zero-order chi connectivity index (χ0) is 8.27. The van der Waals surface area contributed by atoms with Gasteiger partial charge < -0.3 is 9.64 Å². The molecule has 0 spiro atoms. The lowest BCUT2D eigenvalue weighted by Crippen LogP contribution is -2.33. The van der Waals surface area contributed by atoms with Gasteiger partial charge in [0.25, 0.3) is 0 Å². The minimum atomic E-state index is 0.155. The number of ether oxygens (including phenoxy) is 1. The van der Waals surface area contributed by atoms with Crippen molar-refractivity contribution < 1.29 is 9.53 Å². The summed E-state index contributed by atoms with van der Waals surface area (Å²) in [6.45, 7) is 6.77. The largest absolute Gasteiger partial charge is 0.379 e. The van der Waals surface area contributed by atoms with E-state index >= 15 is 0 Å². The Bertz CT molecular complexity index is 147. The summed E-state index contributed by atoms with van der Waals surface area (Å²) >= 11 is 0. The minimum Gasteiger partial charge on any atom is -0.379 e. The third-order valence-corrected chi connectivity index (χ3v) is 1.89. The number of rotatable bonds is 0. The highest BCUT2D eigenvalue weighted by Gasteiger charge is 2.16. The van der Waals surface area contributed by atoms with Crippen LogP contribution in [0.4, 0.5) is 0 Å². The molecule has 1 amide bonds. The van der Waals surface area contributed by atoms with E-state index in [1.807, 2.05) is 4.90 Å². The fourth-order valence-corrected chi connectivity index (χ4v) is 1.27. The van der Waals surface area contributed by atoms with E-state index in [0.717, 1.165) is 19.7 Å². The van der Waals surface area contributed by atoms with Gasteiger partial charge in [-0.25, -0.2) is 0 Å². The lowest BCUT2D eigenvalue weighted by Gasteiger charge is -2.19. The van der Waals surface area contributed by atoms with Crippen LogP contribution in [0, 0.1) is 5.92 Å². The SMILES string of the molecule is CC(=O)N1CCOC[C@@H](C)C1. The lowest BCUT2D eigenvalue weighted by atomic mass is 10.2. The van der Waals surface area contributed by atoms with Crippen LogP contribution >= 0.6 is 0 Å². The Morgan fingerprint density at radius 2 is 2.36 bits per heavy atom. The molecular weight excluding hydrogens is 142 g/mol. The van der Waals surface area contributed by atoms with Crippen molar-refractivity contribution in [1.82, 2.24) is 4.90 Å². The van der Waals surface area contributed by atoms with Gasteiger partial charge in [0.2, 0.25) is 5.91 Å². The molecule has 0 aromatic rings. The molecule has 1 heterocycles. The molecule has 3 nitrogen and oxygen atoms in total. The van der Waals surface area contributed by atoms with Crippen molar-refractivity contribution in [3.8, 4) is 0 Å². The fourth-order valence-electron chi connectivity index (χ4n) is 1.27. The summed E-state index contributed by atoms with van der Waals surface area (Å²) in [5.74, 6) is 0.628. The summed E-state index contributed by atoms with van der Waals surface area (Å²) in [5.41, 5.74) is 0. The molecule has 3 heteroatoms. The zero-order valence-corrected chi connectivity index (χ0v) is 7.17. The second kappa shape index (κ2) is 3.72. The second-order valence-electron chi connectivity index (χ2n) is 3.15. The summed E-state index contributed by atoms with van der Waals surface area (Å²) < 4.78 is 5.29. The van der Waals surface area contributed by atoms with Crippen molar-refractivity contribution >= 4 is 5.91 Å². The summed E-state index contributed by atoms with van der Waals surface area (Å²) in [4.78, 5) is 12.8. The van der Waals surface area contributed by atoms with E-state index in [2.05, 4.69) is 6.92 Å². The van der Waals surface area contributed by atoms with E-state index in [0.29, 0.717) is 12.5 Å². The lowest BCUT2D eigenvalue weighted by molar-refractivity contribution is -0.129. The van der Waals surface area contributed by atoms with Gasteiger partial charge in [-0.1, -0.05) is 6.92 Å². The van der Waals surface area contributed by atoms with E-state index in [1.54, 1.807) is 6.92 Å². The highest BCUT2D eigenvalue weighted by atomic mass is 16.5. The Labute approximate surface area is 67.3 Å². The van der Waals surface area contributed by atoms with Crippen molar-refractivity contribution in [3.05, 3.63) is 0 Å². The van der Waals surface area contributed by atoms with E-state index in [9.17, 15) is 4.79 Å². The smallest absolute Gasteiger partial charge is 0.219 e. The van der Waals surface area contributed by atoms with Gasteiger partial charge in [0.1, 0.15) is 0 Å². The molecule has 64 valence electrons. The summed E-state index contributed by atoms with van der Waals surface area (Å²) in [6, 6.07) is 0. The van der Waals surface area contributed by atoms with Crippen LogP contribution < -0.4 is 0 Å². The average molecular weight is 157 g/mol. The Kier molecular flexibility index (Phi) is 2.88. The number of hydrogen-bond acceptors (Lipinski definition) is 2. The van der Waals surface area contributed by atoms with Crippen molar-refractivity contribution in [2.75, 3.05) is 26.3 Å². The van der Waals surface area contributed by atoms with E-state index in [1.165, 1.54) is 0 Å². The third kappa shape index (κ3) is 2.50. The highest BCUT2D eigenvalue weighted by Crippen LogP contribution is 2.05. The summed E-state index contributed by atoms with van der Waals surface area (Å²) in [5, 5.41) is 0. The molecular formula is C8H15NO2. The molecule has 1 aliphatic rings. The number of hydrogen-bond donors (Lipinski definition) is 0. The number of amides is 1. The molecule has 0 aromatic carbocycles. The van der Waals surface area contributed by atoms with Gasteiger partial charge in [-0.3, -0.25) is 4.79 Å². The maximum absolute atomic E-state index is 11.0. The van der Waals surface area contributed by atoms with Crippen LogP contribution in [0.2, 0.25) is 0 Å². The molecule has 0 radical (unpaired) electrons. The summed E-state index contributed by atoms with van der Waals surface area (Å²) in [6.07, 6.45) is 0. The molecule has 1 fully saturated rings. The van der Waals surface area contributed by atoms with Gasteiger partial charge in [0, 0.05) is 20.0 Å². The predicted octanol–water partition coefficient (Wildman–Crippen LogP) is 0.501. The monoisotopic (exact) mass is 157 g/mol. The topological polar surface area (TPSA) is 29.5 Å². The maximum Gasteiger partial charge on any atom is 0.219 e. The Morgan fingerprint density at radius 1 is 1.64 bits per heavy atom. The van der Waals surface area contributed by atoms with Gasteiger partial charge in [-0.2, -0.15) is 0 Å². The van der Waals surface area contributed by atoms with E-state index < -0.39 is 0 Å². The summed E-state index contributed by atoms with van der Waals surface area (Å²) in [7, 11) is 0. The molecule has 1 atom stereocenters. The number of carbonyl (C=O) groups is 1. The standard InChI is InChI=1S/C8H15NO2/c1-7-5-9(8(2)10)3-4-11-6-7/h7H,3-6H2,1-2H3/t7-/m0/s1. The first kappa shape index (κ1) is 8.53. The zero-order valence-electron chi connectivity index (χ0n) is 7.17. The van der Waals surface area contributed by atoms with Crippen LogP contribution in [-0.4, -0.2) is 37.1 Å². The van der Waals surface area contributed by atoms with Crippen molar-refractivity contribution in [1.29, 1.82) is 0 Å². The van der Waals surface area contributed by atoms with Gasteiger partial charge in [-0.15, -0.1) is 0 Å². The van der Waals surface area contributed by atoms with Crippen LogP contribution in [-0.2, 0) is 9.53 Å². The first-order valence-corrected chi connectivity index (χ1v) is 4.03. The molecule has 0 aromatic heterocycles. The molecule has 11 heavy (non-hydrogen) atoms. The Morgan fingerprint density at radius 3 is 3.00 bits per heavy atom. The van der Waals surface area contributed by atoms with Crippen LogP contribution in [0.3, 0.4) is 0 Å². The van der Waals surface area contributed by atoms with Gasteiger partial charge >= 0.3 is 0 Å². The van der Waals surface area contributed by atoms with Crippen LogP contribution in [0.5, 0.6) is 0 Å². The normalized spacial score (nSPS) is 26.4. The molecule has 0 saturated carbocycles. The van der Waals surface area contributed by atoms with Gasteiger partial charge in [-0.05, 0) is 5.92 Å². The molecule has 0 N–H and O–H groups in total. The van der Waals surface area contributed by atoms with Crippen molar-refractivity contribution in [2.24, 2.45) is 5.92 Å². The molecule has 0 aliphatic carbocycles. The van der Waals surface area contributed by atoms with Crippen LogP contribution in [0.15, 0.2) is 0 Å². The van der Waals surface area contributed by atoms with Gasteiger partial charge in [0.15, 0.2) is 0 Å². The van der Waals surface area contributed by atoms with E-state index in [4.69, 9.17) is 4.74 Å². The van der Waals surface area contributed by atoms with Crippen LogP contribution in [0.1, 0.15) is 13.8 Å². The van der Waals surface area contributed by atoms with E-state index in [-0.39, 0.29) is 5.91 Å². The van der Waals surface area contributed by atoms with Crippen LogP contribution in [0.25, 0.3) is 0 Å².